The molecule has 11 rings (SSSR count). The minimum Gasteiger partial charge on any atom is -0.458 e. The molecule has 4 nitrogen and oxygen atoms in total. The molecule has 0 spiro atoms. The molecule has 2 aliphatic rings. The fourth-order valence-corrected chi connectivity index (χ4v) is 8.28. The Morgan fingerprint density at radius 3 is 1.80 bits per heavy atom. The molecule has 0 saturated carbocycles. The Bertz CT molecular complexity index is 2740. The van der Waals surface area contributed by atoms with Crippen molar-refractivity contribution < 1.29 is 18.0 Å². The molecule has 0 saturated heterocycles. The minimum absolute atomic E-state index is 0.0551. The topological polar surface area (TPSA) is 48.7 Å². The lowest BCUT2D eigenvalue weighted by atomic mass is 9.30. The Morgan fingerprint density at radius 2 is 1.07 bits per heavy atom. The van der Waals surface area contributed by atoms with Gasteiger partial charge in [-0.15, -0.1) is 0 Å². The summed E-state index contributed by atoms with van der Waals surface area (Å²) < 4.78 is 26.1. The molecular formula is C39H23BO4. The fourth-order valence-electron chi connectivity index (χ4n) is 8.28. The van der Waals surface area contributed by atoms with Gasteiger partial charge in [-0.25, -0.2) is 0 Å². The van der Waals surface area contributed by atoms with Gasteiger partial charge in [-0.2, -0.15) is 0 Å². The van der Waals surface area contributed by atoms with Gasteiger partial charge in [0.05, 0.1) is 0 Å². The summed E-state index contributed by atoms with van der Waals surface area (Å²) >= 11 is 0. The first-order valence-corrected chi connectivity index (χ1v) is 15.1. The zero-order valence-electron chi connectivity index (χ0n) is 24.0. The molecule has 0 atom stereocenters. The van der Waals surface area contributed by atoms with E-state index in [2.05, 4.69) is 92.7 Å². The summed E-state index contributed by atoms with van der Waals surface area (Å²) in [5, 5.41) is 6.78. The van der Waals surface area contributed by atoms with Crippen LogP contribution in [0.1, 0.15) is 25.0 Å². The van der Waals surface area contributed by atoms with Crippen LogP contribution in [-0.4, -0.2) is 6.71 Å². The minimum atomic E-state index is -0.345. The molecule has 2 aliphatic heterocycles. The van der Waals surface area contributed by atoms with Crippen molar-refractivity contribution in [3.8, 4) is 11.5 Å². The van der Waals surface area contributed by atoms with Crippen LogP contribution in [0.5, 0.6) is 11.5 Å². The predicted octanol–water partition coefficient (Wildman–Crippen LogP) is 8.65. The summed E-state index contributed by atoms with van der Waals surface area (Å²) in [6.45, 7) is 4.63. The Kier molecular flexibility index (Phi) is 3.97. The van der Waals surface area contributed by atoms with Crippen LogP contribution < -0.4 is 21.1 Å². The van der Waals surface area contributed by atoms with E-state index in [1.54, 1.807) is 0 Å². The average Bonchev–Trinajstić information content (AvgIpc) is 3.70. The van der Waals surface area contributed by atoms with E-state index in [0.717, 1.165) is 77.4 Å². The molecule has 5 heterocycles. The summed E-state index contributed by atoms with van der Waals surface area (Å²) in [6, 6.07) is 36.0. The highest BCUT2D eigenvalue weighted by molar-refractivity contribution is 6.98. The Balaban J connectivity index is 1.33. The molecule has 44 heavy (non-hydrogen) atoms. The number of benzene rings is 6. The Labute approximate surface area is 251 Å². The van der Waals surface area contributed by atoms with Crippen molar-refractivity contribution in [1.29, 1.82) is 0 Å². The molecule has 0 N–H and O–H groups in total. The number of fused-ring (bicyclic) bond motifs is 14. The van der Waals surface area contributed by atoms with Crippen LogP contribution >= 0.6 is 0 Å². The van der Waals surface area contributed by atoms with E-state index < -0.39 is 0 Å². The molecule has 0 amide bonds. The number of furan rings is 3. The zero-order chi connectivity index (χ0) is 28.9. The molecule has 0 aliphatic carbocycles. The van der Waals surface area contributed by atoms with E-state index in [1.807, 2.05) is 24.3 Å². The number of hydrogen-bond acceptors (Lipinski definition) is 4. The Hall–Kier alpha value is -5.42. The van der Waals surface area contributed by atoms with E-state index >= 15 is 0 Å². The van der Waals surface area contributed by atoms with Gasteiger partial charge in [-0.3, -0.25) is 0 Å². The first-order valence-electron chi connectivity index (χ1n) is 15.1. The van der Waals surface area contributed by atoms with Gasteiger partial charge in [0.2, 0.25) is 0 Å². The molecule has 0 fully saturated rings. The molecule has 6 aromatic carbocycles. The maximum absolute atomic E-state index is 6.83. The lowest BCUT2D eigenvalue weighted by molar-refractivity contribution is 0.483. The van der Waals surface area contributed by atoms with E-state index in [1.165, 1.54) is 27.4 Å². The largest absolute Gasteiger partial charge is 0.458 e. The van der Waals surface area contributed by atoms with Gasteiger partial charge in [0, 0.05) is 49.9 Å². The van der Waals surface area contributed by atoms with Crippen molar-refractivity contribution in [1.82, 2.24) is 0 Å². The highest BCUT2D eigenvalue weighted by atomic mass is 16.5. The summed E-state index contributed by atoms with van der Waals surface area (Å²) in [5.74, 6) is 1.65. The summed E-state index contributed by atoms with van der Waals surface area (Å²) in [4.78, 5) is 0. The van der Waals surface area contributed by atoms with E-state index in [4.69, 9.17) is 18.0 Å². The SMILES string of the molecule is CC1(C)c2cc3c(cc2B2c4cc5c(cc4Oc4cc6oc7ccccc7c6c1c42)oc1ccccc15)oc1ccccc13. The first-order chi connectivity index (χ1) is 21.5. The number of hydrogen-bond donors (Lipinski definition) is 0. The van der Waals surface area contributed by atoms with Gasteiger partial charge in [-0.05, 0) is 52.4 Å². The van der Waals surface area contributed by atoms with Crippen LogP contribution in [0.25, 0.3) is 65.8 Å². The van der Waals surface area contributed by atoms with E-state index in [9.17, 15) is 0 Å². The second-order valence-corrected chi connectivity index (χ2v) is 12.8. The molecule has 0 unspecified atom stereocenters. The number of rotatable bonds is 0. The normalized spacial score (nSPS) is 14.9. The van der Waals surface area contributed by atoms with Gasteiger partial charge in [0.15, 0.2) is 0 Å². The molecule has 5 heteroatoms. The van der Waals surface area contributed by atoms with Crippen LogP contribution in [0.15, 0.2) is 116 Å². The molecule has 3 aromatic heterocycles. The molecular weight excluding hydrogens is 543 g/mol. The standard InChI is InChI=1S/C39H23BO4/c1-39(2)25-15-23-20-9-3-6-12-28(20)41-31(23)17-26(25)40-27-16-24-21-10-4-7-13-29(21)42-32(24)18-33(27)44-35-19-34-36(37(39)38(35)40)22-11-5-8-14-30(22)43-34/h3-19H,1-2H3. The third-order valence-electron chi connectivity index (χ3n) is 10.2. The van der Waals surface area contributed by atoms with Crippen LogP contribution in [0, 0.1) is 0 Å². The van der Waals surface area contributed by atoms with E-state index in [-0.39, 0.29) is 12.1 Å². The zero-order valence-corrected chi connectivity index (χ0v) is 24.0. The average molecular weight is 566 g/mol. The molecule has 206 valence electrons. The van der Waals surface area contributed by atoms with E-state index in [0.29, 0.717) is 0 Å². The molecule has 0 radical (unpaired) electrons. The monoisotopic (exact) mass is 566 g/mol. The third kappa shape index (κ3) is 2.68. The van der Waals surface area contributed by atoms with Crippen LogP contribution in [0.3, 0.4) is 0 Å². The van der Waals surface area contributed by atoms with Crippen molar-refractivity contribution in [2.24, 2.45) is 0 Å². The smallest absolute Gasteiger partial charge is 0.251 e. The molecule has 0 bridgehead atoms. The fraction of sp³-hybridized carbons (Fsp3) is 0.0769. The highest BCUT2D eigenvalue weighted by Gasteiger charge is 2.47. The van der Waals surface area contributed by atoms with Crippen molar-refractivity contribution in [3.05, 3.63) is 114 Å². The van der Waals surface area contributed by atoms with Crippen molar-refractivity contribution in [3.63, 3.8) is 0 Å². The second-order valence-electron chi connectivity index (χ2n) is 12.8. The van der Waals surface area contributed by atoms with Gasteiger partial charge >= 0.3 is 0 Å². The highest BCUT2D eigenvalue weighted by Crippen LogP contribution is 2.47. The lowest BCUT2D eigenvalue weighted by Gasteiger charge is -2.42. The quantitative estimate of drug-likeness (QED) is 0.173. The third-order valence-corrected chi connectivity index (χ3v) is 10.2. The predicted molar refractivity (Wildman–Crippen MR) is 178 cm³/mol. The van der Waals surface area contributed by atoms with Gasteiger partial charge in [0.1, 0.15) is 45.0 Å². The maximum atomic E-state index is 6.83. The maximum Gasteiger partial charge on any atom is 0.251 e. The Morgan fingerprint density at radius 1 is 0.500 bits per heavy atom. The van der Waals surface area contributed by atoms with Crippen molar-refractivity contribution >= 4 is 88.9 Å². The first kappa shape index (κ1) is 23.1. The van der Waals surface area contributed by atoms with Gasteiger partial charge < -0.3 is 18.0 Å². The van der Waals surface area contributed by atoms with Crippen molar-refractivity contribution in [2.75, 3.05) is 0 Å². The summed E-state index contributed by atoms with van der Waals surface area (Å²) in [5.41, 5.74) is 11.0. The van der Waals surface area contributed by atoms with Crippen LogP contribution in [0.2, 0.25) is 0 Å². The van der Waals surface area contributed by atoms with Crippen molar-refractivity contribution in [2.45, 2.75) is 19.3 Å². The molecule has 9 aromatic rings. The van der Waals surface area contributed by atoms with Crippen LogP contribution in [0.4, 0.5) is 0 Å². The lowest BCUT2D eigenvalue weighted by Crippen LogP contribution is -2.62. The number of ether oxygens (including phenoxy) is 1. The summed E-state index contributed by atoms with van der Waals surface area (Å²) in [7, 11) is 0. The number of para-hydroxylation sites is 3. The second kappa shape index (κ2) is 7.56. The van der Waals surface area contributed by atoms with Crippen LogP contribution in [-0.2, 0) is 5.41 Å². The van der Waals surface area contributed by atoms with Gasteiger partial charge in [-0.1, -0.05) is 80.0 Å². The van der Waals surface area contributed by atoms with Gasteiger partial charge in [0.25, 0.3) is 6.71 Å². The summed E-state index contributed by atoms with van der Waals surface area (Å²) in [6.07, 6.45) is 0.